The number of ether oxygens (including phenoxy) is 1. The minimum absolute atomic E-state index is 0.00232. The Kier molecular flexibility index (Phi) is 6.97. The molecule has 2 unspecified atom stereocenters. The van der Waals surface area contributed by atoms with E-state index in [0.29, 0.717) is 24.4 Å². The summed E-state index contributed by atoms with van der Waals surface area (Å²) < 4.78 is 7.52. The first-order valence-corrected chi connectivity index (χ1v) is 7.00. The van der Waals surface area contributed by atoms with Crippen LogP contribution in [0.3, 0.4) is 0 Å². The lowest BCUT2D eigenvalue weighted by Crippen LogP contribution is -2.30. The smallest absolute Gasteiger partial charge is 0.171 e. The molecule has 0 aromatic carbocycles. The Bertz CT molecular complexity index is 496. The van der Waals surface area contributed by atoms with Gasteiger partial charge in [0.1, 0.15) is 0 Å². The van der Waals surface area contributed by atoms with Gasteiger partial charge in [0.05, 0.1) is 25.4 Å². The summed E-state index contributed by atoms with van der Waals surface area (Å²) in [5, 5.41) is 9.00. The zero-order chi connectivity index (χ0) is 15.0. The Hall–Kier alpha value is -1.66. The molecule has 1 aliphatic rings. The van der Waals surface area contributed by atoms with Crippen LogP contribution in [0.5, 0.6) is 0 Å². The summed E-state index contributed by atoms with van der Waals surface area (Å²) in [5.41, 5.74) is 6.48. The molecule has 6 nitrogen and oxygen atoms in total. The summed E-state index contributed by atoms with van der Waals surface area (Å²) in [6.45, 7) is 7.21. The van der Waals surface area contributed by atoms with Gasteiger partial charge in [-0.05, 0) is 6.92 Å². The molecule has 0 bridgehead atoms. The number of hydrogen-bond acceptors (Lipinski definition) is 5. The average molecular weight is 280 g/mol. The van der Waals surface area contributed by atoms with Crippen molar-refractivity contribution in [2.45, 2.75) is 39.5 Å². The van der Waals surface area contributed by atoms with Crippen LogP contribution in [0.4, 0.5) is 5.82 Å². The van der Waals surface area contributed by atoms with Gasteiger partial charge in [0.15, 0.2) is 11.3 Å². The lowest BCUT2D eigenvalue weighted by molar-refractivity contribution is 0.0183. The monoisotopic (exact) mass is 280 g/mol. The lowest BCUT2D eigenvalue weighted by atomic mass is 10.3. The number of hydrogen-bond donors (Lipinski definition) is 2. The minimum Gasteiger partial charge on any atom is -0.393 e. The molecule has 112 valence electrons. The molecule has 1 aliphatic heterocycles. The van der Waals surface area contributed by atoms with Crippen molar-refractivity contribution >= 4 is 5.82 Å². The van der Waals surface area contributed by atoms with Crippen LogP contribution in [-0.4, -0.2) is 40.0 Å². The summed E-state index contributed by atoms with van der Waals surface area (Å²) in [5.74, 6) is 0.417. The second-order valence-corrected chi connectivity index (χ2v) is 4.04. The number of nitrogen functional groups attached to an aromatic ring is 1. The topological polar surface area (TPSA) is 85.7 Å². The largest absolute Gasteiger partial charge is 0.393 e. The Morgan fingerprint density at radius 3 is 2.70 bits per heavy atom. The van der Waals surface area contributed by atoms with E-state index in [0.717, 1.165) is 0 Å². The molecule has 2 heterocycles. The van der Waals surface area contributed by atoms with Crippen molar-refractivity contribution in [2.75, 3.05) is 18.9 Å². The van der Waals surface area contributed by atoms with Gasteiger partial charge in [-0.15, -0.1) is 0 Å². The average Bonchev–Trinajstić information content (AvgIpc) is 2.93. The van der Waals surface area contributed by atoms with Gasteiger partial charge in [0.25, 0.3) is 0 Å². The predicted molar refractivity (Wildman–Crippen MR) is 79.0 cm³/mol. The Morgan fingerprint density at radius 1 is 1.40 bits per heavy atom. The molecule has 0 aliphatic carbocycles. The fourth-order valence-corrected chi connectivity index (χ4v) is 1.90. The molecule has 2 atom stereocenters. The van der Waals surface area contributed by atoms with Crippen molar-refractivity contribution < 1.29 is 9.84 Å². The summed E-state index contributed by atoms with van der Waals surface area (Å²) in [6, 6.07) is 0. The third kappa shape index (κ3) is 4.18. The molecular formula is C14H24N4O2. The highest BCUT2D eigenvalue weighted by atomic mass is 16.5. The molecule has 0 fully saturated rings. The van der Waals surface area contributed by atoms with Crippen molar-refractivity contribution in [3.8, 4) is 0 Å². The summed E-state index contributed by atoms with van der Waals surface area (Å²) in [7, 11) is 0. The summed E-state index contributed by atoms with van der Waals surface area (Å²) >= 11 is 0. The van der Waals surface area contributed by atoms with E-state index in [4.69, 9.17) is 15.6 Å². The lowest BCUT2D eigenvalue weighted by Gasteiger charge is -2.15. The van der Waals surface area contributed by atoms with Gasteiger partial charge in [-0.3, -0.25) is 4.99 Å². The highest BCUT2D eigenvalue weighted by Gasteiger charge is 2.18. The molecule has 20 heavy (non-hydrogen) atoms. The Morgan fingerprint density at radius 2 is 2.10 bits per heavy atom. The first-order chi connectivity index (χ1) is 9.74. The van der Waals surface area contributed by atoms with Crippen molar-refractivity contribution in [3.63, 3.8) is 0 Å². The predicted octanol–water partition coefficient (Wildman–Crippen LogP) is 0.728. The number of nitrogens with two attached hydrogens (primary N) is 1. The standard InChI is InChI=1S/C12H18N4O2.C2H6/c1-2-14-12-11(13)15-5-6-16(12)7-9-3-4-10(8-17)18-9;1-2/h3-6,9-10,17H,2,7-8H2,1H3,(H2,13,15);1-2H3. The number of anilines is 1. The second kappa shape index (κ2) is 8.50. The van der Waals surface area contributed by atoms with E-state index in [2.05, 4.69) is 9.98 Å². The van der Waals surface area contributed by atoms with Gasteiger partial charge in [0, 0.05) is 18.9 Å². The number of aliphatic hydroxyl groups is 1. The maximum atomic E-state index is 9.00. The summed E-state index contributed by atoms with van der Waals surface area (Å²) in [4.78, 5) is 8.36. The third-order valence-corrected chi connectivity index (χ3v) is 2.72. The summed E-state index contributed by atoms with van der Waals surface area (Å²) in [6.07, 6.45) is 7.01. The van der Waals surface area contributed by atoms with Crippen LogP contribution in [-0.2, 0) is 11.3 Å². The van der Waals surface area contributed by atoms with E-state index in [1.165, 1.54) is 0 Å². The van der Waals surface area contributed by atoms with E-state index >= 15 is 0 Å². The third-order valence-electron chi connectivity index (χ3n) is 2.72. The Labute approximate surface area is 119 Å². The van der Waals surface area contributed by atoms with E-state index in [1.807, 2.05) is 43.7 Å². The van der Waals surface area contributed by atoms with Crippen molar-refractivity contribution in [2.24, 2.45) is 4.99 Å². The van der Waals surface area contributed by atoms with Crippen molar-refractivity contribution in [1.29, 1.82) is 0 Å². The quantitative estimate of drug-likeness (QED) is 0.796. The molecule has 0 spiro atoms. The number of aliphatic hydroxyl groups excluding tert-OH is 1. The molecule has 1 aromatic rings. The maximum Gasteiger partial charge on any atom is 0.171 e. The fraction of sp³-hybridized carbons (Fsp3) is 0.571. The minimum atomic E-state index is -0.207. The first-order valence-electron chi connectivity index (χ1n) is 7.00. The highest BCUT2D eigenvalue weighted by Crippen LogP contribution is 2.12. The van der Waals surface area contributed by atoms with E-state index in [1.54, 1.807) is 6.20 Å². The van der Waals surface area contributed by atoms with E-state index in [9.17, 15) is 0 Å². The van der Waals surface area contributed by atoms with Crippen LogP contribution in [0.25, 0.3) is 0 Å². The van der Waals surface area contributed by atoms with Gasteiger partial charge in [0.2, 0.25) is 0 Å². The number of rotatable bonds is 4. The maximum absolute atomic E-state index is 9.00. The molecule has 3 N–H and O–H groups in total. The highest BCUT2D eigenvalue weighted by molar-refractivity contribution is 5.22. The molecule has 0 saturated carbocycles. The van der Waals surface area contributed by atoms with Crippen LogP contribution < -0.4 is 11.2 Å². The Balaban J connectivity index is 0.000000956. The second-order valence-electron chi connectivity index (χ2n) is 4.04. The molecule has 1 aromatic heterocycles. The van der Waals surface area contributed by atoms with Crippen LogP contribution in [0, 0.1) is 0 Å². The fourth-order valence-electron chi connectivity index (χ4n) is 1.90. The molecule has 0 saturated heterocycles. The molecule has 6 heteroatoms. The van der Waals surface area contributed by atoms with Crippen LogP contribution in [0.1, 0.15) is 20.8 Å². The van der Waals surface area contributed by atoms with Gasteiger partial charge in [-0.2, -0.15) is 0 Å². The number of nitrogens with zero attached hydrogens (tertiary/aromatic N) is 3. The number of aromatic nitrogens is 2. The molecule has 0 radical (unpaired) electrons. The normalized spacial score (nSPS) is 21.7. The molecule has 0 amide bonds. The van der Waals surface area contributed by atoms with Gasteiger partial charge >= 0.3 is 0 Å². The molecule has 2 rings (SSSR count). The van der Waals surface area contributed by atoms with E-state index < -0.39 is 0 Å². The SMILES string of the molecule is CC.CCN=c1c(N)nccn1CC1C=CC(CO)O1. The first kappa shape index (κ1) is 16.4. The van der Waals surface area contributed by atoms with Crippen LogP contribution >= 0.6 is 0 Å². The zero-order valence-corrected chi connectivity index (χ0v) is 12.4. The van der Waals surface area contributed by atoms with Crippen molar-refractivity contribution in [1.82, 2.24) is 9.55 Å². The van der Waals surface area contributed by atoms with Crippen LogP contribution in [0.15, 0.2) is 29.5 Å². The molecular weight excluding hydrogens is 256 g/mol. The van der Waals surface area contributed by atoms with Crippen LogP contribution in [0.2, 0.25) is 0 Å². The van der Waals surface area contributed by atoms with Gasteiger partial charge in [-0.25, -0.2) is 4.98 Å². The zero-order valence-electron chi connectivity index (χ0n) is 12.4. The van der Waals surface area contributed by atoms with Crippen molar-refractivity contribution in [3.05, 3.63) is 30.0 Å². The van der Waals surface area contributed by atoms with Gasteiger partial charge < -0.3 is 20.1 Å². The van der Waals surface area contributed by atoms with Gasteiger partial charge in [-0.1, -0.05) is 26.0 Å². The van der Waals surface area contributed by atoms with E-state index in [-0.39, 0.29) is 18.8 Å².